The van der Waals surface area contributed by atoms with E-state index in [1.165, 1.54) is 11.1 Å². The Hall–Kier alpha value is -4.46. The first kappa shape index (κ1) is 27.1. The minimum absolute atomic E-state index is 0.292. The normalized spacial score (nSPS) is 13.5. The van der Waals surface area contributed by atoms with Gasteiger partial charge in [0.2, 0.25) is 0 Å². The van der Waals surface area contributed by atoms with Crippen molar-refractivity contribution in [1.82, 2.24) is 0 Å². The first-order valence-corrected chi connectivity index (χ1v) is 13.7. The molecule has 0 spiro atoms. The van der Waals surface area contributed by atoms with Crippen molar-refractivity contribution in [2.24, 2.45) is 0 Å². The number of fused-ring (bicyclic) bond motifs is 2. The van der Waals surface area contributed by atoms with Gasteiger partial charge in [-0.05, 0) is 97.5 Å². The number of anilines is 2. The van der Waals surface area contributed by atoms with Crippen LogP contribution < -0.4 is 9.80 Å². The minimum atomic E-state index is -0.427. The third-order valence-corrected chi connectivity index (χ3v) is 7.43. The van der Waals surface area contributed by atoms with Crippen LogP contribution in [0.25, 0.3) is 0 Å². The van der Waals surface area contributed by atoms with Crippen LogP contribution in [0.5, 0.6) is 0 Å². The highest BCUT2D eigenvalue weighted by Gasteiger charge is 2.20. The average Bonchev–Trinajstić information content (AvgIpc) is 3.60. The van der Waals surface area contributed by atoms with E-state index in [2.05, 4.69) is 9.80 Å². The lowest BCUT2D eigenvalue weighted by molar-refractivity contribution is 0.0488. The maximum Gasteiger partial charge on any atom is 0.338 e. The van der Waals surface area contributed by atoms with Crippen LogP contribution in [0.1, 0.15) is 65.4 Å². The molecular weight excluding hydrogens is 508 g/mol. The molecule has 8 heteroatoms. The standard InChI is InChI=1S/C32H32N2O6/c35-21-23-3-9-29-27(19-23)11-15-33(29)13-1-17-39-31(37)25-5-7-26(8-6-25)32(38)40-18-2-14-34-16-12-28-20-24(22-36)4-10-30(28)34/h3-10,19-22H,1-2,11-18H2. The Labute approximate surface area is 233 Å². The van der Waals surface area contributed by atoms with E-state index in [9.17, 15) is 19.2 Å². The predicted molar refractivity (Wildman–Crippen MR) is 152 cm³/mol. The van der Waals surface area contributed by atoms with Gasteiger partial charge in [0, 0.05) is 48.7 Å². The first-order valence-electron chi connectivity index (χ1n) is 13.7. The Bertz CT molecular complexity index is 1290. The van der Waals surface area contributed by atoms with Crippen LogP contribution in [0.3, 0.4) is 0 Å². The minimum Gasteiger partial charge on any atom is -0.462 e. The topological polar surface area (TPSA) is 93.2 Å². The number of hydrogen-bond acceptors (Lipinski definition) is 8. The number of carbonyl (C=O) groups excluding carboxylic acids is 4. The van der Waals surface area contributed by atoms with Gasteiger partial charge in [-0.3, -0.25) is 9.59 Å². The second-order valence-corrected chi connectivity index (χ2v) is 10.0. The van der Waals surface area contributed by atoms with Crippen molar-refractivity contribution in [3.05, 3.63) is 94.0 Å². The zero-order valence-electron chi connectivity index (χ0n) is 22.3. The van der Waals surface area contributed by atoms with Crippen LogP contribution in [-0.4, -0.2) is 63.9 Å². The Balaban J connectivity index is 1.01. The molecule has 0 unspecified atom stereocenters. The fraction of sp³-hybridized carbons (Fsp3) is 0.312. The molecule has 0 aliphatic carbocycles. The Morgan fingerprint density at radius 1 is 0.650 bits per heavy atom. The van der Waals surface area contributed by atoms with Crippen molar-refractivity contribution in [2.45, 2.75) is 25.7 Å². The summed E-state index contributed by atoms with van der Waals surface area (Å²) in [6, 6.07) is 17.8. The molecule has 206 valence electrons. The summed E-state index contributed by atoms with van der Waals surface area (Å²) in [5, 5.41) is 0. The molecule has 0 radical (unpaired) electrons. The van der Waals surface area contributed by atoms with Gasteiger partial charge in [-0.15, -0.1) is 0 Å². The molecule has 0 aromatic heterocycles. The van der Waals surface area contributed by atoms with Crippen LogP contribution in [0.4, 0.5) is 11.4 Å². The SMILES string of the molecule is O=Cc1ccc2c(c1)CCN2CCCOC(=O)c1ccc(C(=O)OCCCN2CCc3cc(C=O)ccc32)cc1. The molecule has 0 saturated heterocycles. The summed E-state index contributed by atoms with van der Waals surface area (Å²) in [6.45, 7) is 3.88. The summed E-state index contributed by atoms with van der Waals surface area (Å²) in [5.41, 5.74) is 6.76. The summed E-state index contributed by atoms with van der Waals surface area (Å²) in [7, 11) is 0. The molecule has 0 fully saturated rings. The number of carbonyl (C=O) groups is 4. The molecule has 2 aliphatic rings. The Morgan fingerprint density at radius 2 is 1.07 bits per heavy atom. The van der Waals surface area contributed by atoms with E-state index in [1.54, 1.807) is 24.3 Å². The molecule has 0 N–H and O–H groups in total. The lowest BCUT2D eigenvalue weighted by Gasteiger charge is -2.19. The highest BCUT2D eigenvalue weighted by molar-refractivity contribution is 5.93. The van der Waals surface area contributed by atoms with Crippen molar-refractivity contribution < 1.29 is 28.7 Å². The second kappa shape index (κ2) is 12.6. The van der Waals surface area contributed by atoms with Gasteiger partial charge >= 0.3 is 11.9 Å². The predicted octanol–water partition coefficient (Wildman–Crippen LogP) is 4.53. The zero-order valence-corrected chi connectivity index (χ0v) is 22.3. The van der Waals surface area contributed by atoms with Crippen LogP contribution in [0.2, 0.25) is 0 Å². The fourth-order valence-electron chi connectivity index (χ4n) is 5.34. The van der Waals surface area contributed by atoms with Crippen LogP contribution in [-0.2, 0) is 22.3 Å². The summed E-state index contributed by atoms with van der Waals surface area (Å²) in [4.78, 5) is 51.3. The molecule has 40 heavy (non-hydrogen) atoms. The molecule has 2 heterocycles. The summed E-state index contributed by atoms with van der Waals surface area (Å²) in [6.07, 6.45) is 4.91. The summed E-state index contributed by atoms with van der Waals surface area (Å²) in [5.74, 6) is -0.855. The largest absolute Gasteiger partial charge is 0.462 e. The number of aldehydes is 2. The third-order valence-electron chi connectivity index (χ3n) is 7.43. The number of ether oxygens (including phenoxy) is 2. The van der Waals surface area contributed by atoms with Gasteiger partial charge in [-0.25, -0.2) is 9.59 Å². The molecule has 2 aliphatic heterocycles. The van der Waals surface area contributed by atoms with Crippen molar-refractivity contribution in [1.29, 1.82) is 0 Å². The molecule has 0 bridgehead atoms. The van der Waals surface area contributed by atoms with Gasteiger partial charge in [0.25, 0.3) is 0 Å². The van der Waals surface area contributed by atoms with Crippen LogP contribution in [0.15, 0.2) is 60.7 Å². The maximum atomic E-state index is 12.4. The van der Waals surface area contributed by atoms with Gasteiger partial charge in [0.1, 0.15) is 12.6 Å². The van der Waals surface area contributed by atoms with E-state index in [-0.39, 0.29) is 0 Å². The zero-order chi connectivity index (χ0) is 27.9. The summed E-state index contributed by atoms with van der Waals surface area (Å²) >= 11 is 0. The first-order chi connectivity index (χ1) is 19.6. The lowest BCUT2D eigenvalue weighted by Crippen LogP contribution is -2.23. The Kier molecular flexibility index (Phi) is 8.54. The van der Waals surface area contributed by atoms with Crippen LogP contribution >= 0.6 is 0 Å². The van der Waals surface area contributed by atoms with Gasteiger partial charge < -0.3 is 19.3 Å². The van der Waals surface area contributed by atoms with E-state index in [0.717, 1.165) is 63.0 Å². The highest BCUT2D eigenvalue weighted by Crippen LogP contribution is 2.29. The van der Waals surface area contributed by atoms with Crippen molar-refractivity contribution in [3.63, 3.8) is 0 Å². The van der Waals surface area contributed by atoms with E-state index >= 15 is 0 Å². The lowest BCUT2D eigenvalue weighted by atomic mass is 10.1. The average molecular weight is 541 g/mol. The molecule has 0 saturated carbocycles. The Morgan fingerprint density at radius 3 is 1.48 bits per heavy atom. The van der Waals surface area contributed by atoms with E-state index in [1.807, 2.05) is 36.4 Å². The van der Waals surface area contributed by atoms with Crippen molar-refractivity contribution in [3.8, 4) is 0 Å². The van der Waals surface area contributed by atoms with Crippen molar-refractivity contribution in [2.75, 3.05) is 49.2 Å². The molecule has 0 atom stereocenters. The number of nitrogens with zero attached hydrogens (tertiary/aromatic N) is 2. The second-order valence-electron chi connectivity index (χ2n) is 10.0. The molecule has 5 rings (SSSR count). The monoisotopic (exact) mass is 540 g/mol. The molecule has 8 nitrogen and oxygen atoms in total. The molecule has 3 aromatic carbocycles. The quantitative estimate of drug-likeness (QED) is 0.188. The number of esters is 2. The molecule has 0 amide bonds. The van der Waals surface area contributed by atoms with Crippen molar-refractivity contribution >= 4 is 35.9 Å². The van der Waals surface area contributed by atoms with E-state index < -0.39 is 11.9 Å². The van der Waals surface area contributed by atoms with Gasteiger partial charge in [-0.2, -0.15) is 0 Å². The third kappa shape index (κ3) is 6.22. The van der Waals surface area contributed by atoms with Gasteiger partial charge in [0.15, 0.2) is 0 Å². The maximum absolute atomic E-state index is 12.4. The number of hydrogen-bond donors (Lipinski definition) is 0. The smallest absolute Gasteiger partial charge is 0.338 e. The highest BCUT2D eigenvalue weighted by atomic mass is 16.5. The number of benzene rings is 3. The van der Waals surface area contributed by atoms with Gasteiger partial charge in [-0.1, -0.05) is 0 Å². The van der Waals surface area contributed by atoms with E-state index in [4.69, 9.17) is 9.47 Å². The molecular formula is C32H32N2O6. The molecule has 3 aromatic rings. The van der Waals surface area contributed by atoms with Crippen LogP contribution in [0, 0.1) is 0 Å². The van der Waals surface area contributed by atoms with E-state index in [0.29, 0.717) is 48.3 Å². The summed E-state index contributed by atoms with van der Waals surface area (Å²) < 4.78 is 10.9. The fourth-order valence-corrected chi connectivity index (χ4v) is 5.34. The van der Waals surface area contributed by atoms with Gasteiger partial charge in [0.05, 0.1) is 24.3 Å². The number of rotatable bonds is 12.